The number of aromatic nitrogens is 1. The monoisotopic (exact) mass is 244 g/mol. The van der Waals surface area contributed by atoms with Gasteiger partial charge in [0.2, 0.25) is 0 Å². The summed E-state index contributed by atoms with van der Waals surface area (Å²) in [5.74, 6) is -0.00743. The molecule has 1 aliphatic rings. The average molecular weight is 244 g/mol. The molecule has 2 heterocycles. The Hall–Kier alpha value is -1.67. The molecule has 0 amide bonds. The van der Waals surface area contributed by atoms with Crippen LogP contribution in [0.25, 0.3) is 0 Å². The molecule has 86 valence electrons. The number of rotatable bonds is 2. The summed E-state index contributed by atoms with van der Waals surface area (Å²) in [5.41, 5.74) is 0.0738. The van der Waals surface area contributed by atoms with Crippen molar-refractivity contribution in [1.29, 1.82) is 0 Å². The van der Waals surface area contributed by atoms with Crippen LogP contribution in [0.4, 0.5) is 0 Å². The molecule has 1 aliphatic heterocycles. The molecule has 0 atom stereocenters. The van der Waals surface area contributed by atoms with Gasteiger partial charge in [0.1, 0.15) is 6.61 Å². The fraction of sp³-hybridized carbons (Fsp3) is 0.250. The first-order valence-electron chi connectivity index (χ1n) is 4.34. The van der Waals surface area contributed by atoms with E-state index in [1.54, 1.807) is 0 Å². The van der Waals surface area contributed by atoms with Gasteiger partial charge in [0, 0.05) is 6.20 Å². The van der Waals surface area contributed by atoms with E-state index < -0.39 is 15.1 Å². The van der Waals surface area contributed by atoms with Crippen LogP contribution in [0.2, 0.25) is 0 Å². The topological polar surface area (TPSA) is 98.1 Å². The van der Waals surface area contributed by atoms with Crippen molar-refractivity contribution in [3.8, 4) is 0 Å². The molecular formula is C8H8N2O5S. The van der Waals surface area contributed by atoms with Crippen LogP contribution in [0.15, 0.2) is 28.5 Å². The lowest BCUT2D eigenvalue weighted by Gasteiger charge is -2.14. The lowest BCUT2D eigenvalue weighted by Crippen LogP contribution is -2.20. The van der Waals surface area contributed by atoms with Gasteiger partial charge in [-0.3, -0.25) is 4.55 Å². The molecule has 0 aromatic carbocycles. The van der Waals surface area contributed by atoms with Gasteiger partial charge >= 0.3 is 10.1 Å². The van der Waals surface area contributed by atoms with Gasteiger partial charge in [-0.1, -0.05) is 0 Å². The Morgan fingerprint density at radius 2 is 2.19 bits per heavy atom. The van der Waals surface area contributed by atoms with Crippen molar-refractivity contribution in [2.75, 3.05) is 13.2 Å². The van der Waals surface area contributed by atoms with E-state index in [9.17, 15) is 8.42 Å². The predicted molar refractivity (Wildman–Crippen MR) is 52.5 cm³/mol. The Kier molecular flexibility index (Phi) is 2.75. The maximum absolute atomic E-state index is 11.0. The molecule has 8 heteroatoms. The van der Waals surface area contributed by atoms with Gasteiger partial charge in [0.25, 0.3) is 5.90 Å². The van der Waals surface area contributed by atoms with E-state index in [0.29, 0.717) is 6.61 Å². The Morgan fingerprint density at radius 3 is 2.81 bits per heavy atom. The number of hydrogen-bond donors (Lipinski definition) is 1. The lowest BCUT2D eigenvalue weighted by molar-refractivity contribution is 0.0653. The fourth-order valence-corrected chi connectivity index (χ4v) is 1.82. The molecule has 0 saturated carbocycles. The van der Waals surface area contributed by atoms with Crippen molar-refractivity contribution in [1.82, 2.24) is 4.98 Å². The largest absolute Gasteiger partial charge is 0.471 e. The Labute approximate surface area is 91.4 Å². The van der Waals surface area contributed by atoms with Gasteiger partial charge in [-0.15, -0.1) is 0 Å². The average Bonchev–Trinajstić information content (AvgIpc) is 2.29. The number of oxime groups is 1. The summed E-state index contributed by atoms with van der Waals surface area (Å²) < 4.78 is 36.1. The van der Waals surface area contributed by atoms with E-state index in [0.717, 1.165) is 0 Å². The first-order chi connectivity index (χ1) is 7.59. The Bertz CT molecular complexity index is 525. The molecule has 0 fully saturated rings. The first-order valence-corrected chi connectivity index (χ1v) is 5.78. The van der Waals surface area contributed by atoms with Gasteiger partial charge in [-0.05, 0) is 17.3 Å². The third-order valence-electron chi connectivity index (χ3n) is 1.81. The summed E-state index contributed by atoms with van der Waals surface area (Å²) in [6.45, 7) is 0.559. The summed E-state index contributed by atoms with van der Waals surface area (Å²) in [4.78, 5) is 8.33. The lowest BCUT2D eigenvalue weighted by atomic mass is 10.3. The zero-order valence-corrected chi connectivity index (χ0v) is 8.85. The van der Waals surface area contributed by atoms with Crippen LogP contribution in [0, 0.1) is 0 Å². The highest BCUT2D eigenvalue weighted by molar-refractivity contribution is 7.85. The molecule has 2 rings (SSSR count). The van der Waals surface area contributed by atoms with Crippen molar-refractivity contribution in [3.05, 3.63) is 23.9 Å². The SMILES string of the molecule is O=S(=O)(O)c1ncccc1C1=NOCCO1. The molecule has 0 radical (unpaired) electrons. The maximum atomic E-state index is 11.0. The third-order valence-corrected chi connectivity index (χ3v) is 2.62. The Morgan fingerprint density at radius 1 is 1.38 bits per heavy atom. The van der Waals surface area contributed by atoms with E-state index in [4.69, 9.17) is 14.1 Å². The minimum absolute atomic E-state index is 0.00743. The number of nitrogens with zero attached hydrogens (tertiary/aromatic N) is 2. The number of hydrogen-bond acceptors (Lipinski definition) is 6. The highest BCUT2D eigenvalue weighted by Gasteiger charge is 2.23. The van der Waals surface area contributed by atoms with Crippen molar-refractivity contribution in [2.24, 2.45) is 5.16 Å². The van der Waals surface area contributed by atoms with E-state index >= 15 is 0 Å². The van der Waals surface area contributed by atoms with E-state index in [1.807, 2.05) is 0 Å². The highest BCUT2D eigenvalue weighted by Crippen LogP contribution is 2.15. The van der Waals surface area contributed by atoms with Crippen LogP contribution in [-0.4, -0.2) is 37.1 Å². The second kappa shape index (κ2) is 4.06. The minimum Gasteiger partial charge on any atom is -0.471 e. The van der Waals surface area contributed by atoms with Crippen molar-refractivity contribution >= 4 is 16.0 Å². The summed E-state index contributed by atoms with van der Waals surface area (Å²) in [6, 6.07) is 2.92. The second-order valence-electron chi connectivity index (χ2n) is 2.91. The zero-order chi connectivity index (χ0) is 11.6. The van der Waals surface area contributed by atoms with E-state index in [1.165, 1.54) is 18.3 Å². The molecule has 1 aromatic heterocycles. The van der Waals surface area contributed by atoms with Crippen molar-refractivity contribution in [2.45, 2.75) is 5.03 Å². The molecule has 0 saturated heterocycles. The molecule has 16 heavy (non-hydrogen) atoms. The first kappa shape index (κ1) is 10.8. The van der Waals surface area contributed by atoms with Gasteiger partial charge in [0.05, 0.1) is 5.56 Å². The van der Waals surface area contributed by atoms with Gasteiger partial charge in [-0.2, -0.15) is 8.42 Å². The van der Waals surface area contributed by atoms with Crippen LogP contribution in [0.5, 0.6) is 0 Å². The smallest absolute Gasteiger partial charge is 0.312 e. The van der Waals surface area contributed by atoms with Crippen LogP contribution in [0.3, 0.4) is 0 Å². The summed E-state index contributed by atoms with van der Waals surface area (Å²) in [5, 5.41) is 3.05. The van der Waals surface area contributed by atoms with Crippen LogP contribution in [-0.2, 0) is 19.7 Å². The third kappa shape index (κ3) is 2.12. The Balaban J connectivity index is 2.52. The summed E-state index contributed by atoms with van der Waals surface area (Å²) >= 11 is 0. The predicted octanol–water partition coefficient (Wildman–Crippen LogP) is 0.0367. The summed E-state index contributed by atoms with van der Waals surface area (Å²) in [7, 11) is -4.41. The highest BCUT2D eigenvalue weighted by atomic mass is 32.2. The van der Waals surface area contributed by atoms with Gasteiger partial charge < -0.3 is 9.57 Å². The second-order valence-corrected chi connectivity index (χ2v) is 4.25. The standard InChI is InChI=1S/C8H8N2O5S/c11-16(12,13)8-6(2-1-3-9-8)7-10-15-5-4-14-7/h1-3H,4-5H2,(H,11,12,13). The molecule has 0 bridgehead atoms. The summed E-state index contributed by atoms with van der Waals surface area (Å²) in [6.07, 6.45) is 1.25. The van der Waals surface area contributed by atoms with E-state index in [-0.39, 0.29) is 18.1 Å². The molecule has 1 N–H and O–H groups in total. The number of ether oxygens (including phenoxy) is 1. The molecule has 0 aliphatic carbocycles. The fourth-order valence-electron chi connectivity index (χ4n) is 1.19. The quantitative estimate of drug-likeness (QED) is 0.737. The molecule has 7 nitrogen and oxygen atoms in total. The van der Waals surface area contributed by atoms with Crippen LogP contribution >= 0.6 is 0 Å². The zero-order valence-electron chi connectivity index (χ0n) is 8.03. The maximum Gasteiger partial charge on any atom is 0.312 e. The molecule has 1 aromatic rings. The normalized spacial score (nSPS) is 15.9. The molecular weight excluding hydrogens is 236 g/mol. The van der Waals surface area contributed by atoms with Crippen molar-refractivity contribution in [3.63, 3.8) is 0 Å². The van der Waals surface area contributed by atoms with E-state index in [2.05, 4.69) is 10.1 Å². The van der Waals surface area contributed by atoms with Gasteiger partial charge in [-0.25, -0.2) is 4.98 Å². The van der Waals surface area contributed by atoms with Crippen LogP contribution < -0.4 is 0 Å². The molecule has 0 unspecified atom stereocenters. The van der Waals surface area contributed by atoms with Crippen molar-refractivity contribution < 1.29 is 22.5 Å². The van der Waals surface area contributed by atoms with Crippen LogP contribution in [0.1, 0.15) is 5.56 Å². The number of pyridine rings is 1. The van der Waals surface area contributed by atoms with Gasteiger partial charge in [0.15, 0.2) is 11.6 Å². The molecule has 0 spiro atoms. The minimum atomic E-state index is -4.41.